The van der Waals surface area contributed by atoms with Crippen LogP contribution in [0.4, 0.5) is 13.2 Å². The molecule has 2 N–H and O–H groups in total. The zero-order chi connectivity index (χ0) is 9.83. The van der Waals surface area contributed by atoms with E-state index in [0.717, 1.165) is 14.2 Å². The maximum Gasteiger partial charge on any atom is 0.464 e. The monoisotopic (exact) mass is 191 g/mol. The average Bonchev–Trinajstić information content (AvgIpc) is 1.86. The molecule has 0 aromatic carbocycles. The van der Waals surface area contributed by atoms with Gasteiger partial charge in [0.05, 0.1) is 14.2 Å². The maximum atomic E-state index is 11.9. The molecule has 0 aromatic heterocycles. The fourth-order valence-electron chi connectivity index (χ4n) is 0.356. The summed E-state index contributed by atoms with van der Waals surface area (Å²) in [6.45, 7) is 0. The molecule has 0 saturated heterocycles. The van der Waals surface area contributed by atoms with Crippen molar-refractivity contribution in [1.29, 1.82) is 0 Å². The molecule has 0 bridgehead atoms. The van der Waals surface area contributed by atoms with E-state index < -0.39 is 12.1 Å². The second kappa shape index (κ2) is 4.01. The second-order valence-corrected chi connectivity index (χ2v) is 1.67. The first-order valence-corrected chi connectivity index (χ1v) is 2.66. The topological polar surface area (TPSA) is 62.9 Å². The second-order valence-electron chi connectivity index (χ2n) is 1.67. The van der Waals surface area contributed by atoms with Crippen molar-refractivity contribution >= 4 is 0 Å². The molecule has 0 aliphatic heterocycles. The molecule has 0 atom stereocenters. The summed E-state index contributed by atoms with van der Waals surface area (Å²) >= 11 is 0. The van der Waals surface area contributed by atoms with Crippen LogP contribution in [0.3, 0.4) is 0 Å². The normalized spacial score (nSPS) is 13.5. The fraction of sp³-hybridized carbons (Fsp3) is 1.00. The molecule has 0 saturated carbocycles. The van der Waals surface area contributed by atoms with Crippen LogP contribution in [-0.4, -0.2) is 26.3 Å². The Morgan fingerprint density at radius 2 is 1.33 bits per heavy atom. The maximum absolute atomic E-state index is 11.9. The average molecular weight is 191 g/mol. The third-order valence-corrected chi connectivity index (χ3v) is 0.809. The van der Waals surface area contributed by atoms with Crippen molar-refractivity contribution in [2.24, 2.45) is 5.73 Å². The Bertz CT molecular complexity index is 133. The first kappa shape index (κ1) is 11.6. The standard InChI is InChI=1S/C4H8F3NO4/c1-9-11-4(8,12-10-2)3(5,6)7/h8H2,1-2H3. The zero-order valence-electron chi connectivity index (χ0n) is 6.34. The van der Waals surface area contributed by atoms with E-state index in [2.05, 4.69) is 25.3 Å². The van der Waals surface area contributed by atoms with Crippen molar-refractivity contribution in [2.45, 2.75) is 12.1 Å². The number of nitrogens with two attached hydrogens (primary N) is 1. The van der Waals surface area contributed by atoms with Crippen LogP contribution in [0.5, 0.6) is 0 Å². The Labute approximate surface area is 66.0 Å². The molecule has 0 spiro atoms. The van der Waals surface area contributed by atoms with E-state index in [1.165, 1.54) is 0 Å². The first-order chi connectivity index (χ1) is 5.37. The van der Waals surface area contributed by atoms with Crippen LogP contribution in [0.15, 0.2) is 0 Å². The molecule has 0 radical (unpaired) electrons. The van der Waals surface area contributed by atoms with Crippen LogP contribution in [0.1, 0.15) is 0 Å². The summed E-state index contributed by atoms with van der Waals surface area (Å²) in [5.41, 5.74) is 4.58. The van der Waals surface area contributed by atoms with Crippen LogP contribution < -0.4 is 5.73 Å². The van der Waals surface area contributed by atoms with Crippen molar-refractivity contribution in [3.8, 4) is 0 Å². The molecule has 5 nitrogen and oxygen atoms in total. The molecule has 0 unspecified atom stereocenters. The van der Waals surface area contributed by atoms with Crippen molar-refractivity contribution < 1.29 is 32.7 Å². The van der Waals surface area contributed by atoms with Crippen molar-refractivity contribution in [2.75, 3.05) is 14.2 Å². The molecule has 0 heterocycles. The minimum Gasteiger partial charge on any atom is -0.268 e. The zero-order valence-corrected chi connectivity index (χ0v) is 6.34. The van der Waals surface area contributed by atoms with E-state index in [0.29, 0.717) is 0 Å². The number of hydrogen-bond acceptors (Lipinski definition) is 5. The van der Waals surface area contributed by atoms with Gasteiger partial charge in [-0.2, -0.15) is 22.9 Å². The van der Waals surface area contributed by atoms with E-state index in [1.54, 1.807) is 0 Å². The summed E-state index contributed by atoms with van der Waals surface area (Å²) in [5.74, 6) is -3.41. The smallest absolute Gasteiger partial charge is 0.268 e. The molecular weight excluding hydrogens is 183 g/mol. The van der Waals surface area contributed by atoms with E-state index >= 15 is 0 Å². The minimum atomic E-state index is -4.96. The van der Waals surface area contributed by atoms with Gasteiger partial charge < -0.3 is 0 Å². The van der Waals surface area contributed by atoms with Crippen molar-refractivity contribution in [1.82, 2.24) is 0 Å². The molecule has 0 aliphatic carbocycles. The molecule has 0 rings (SSSR count). The molecular formula is C4H8F3NO4. The van der Waals surface area contributed by atoms with Crippen LogP contribution in [0.2, 0.25) is 0 Å². The molecule has 0 aromatic rings. The lowest BCUT2D eigenvalue weighted by molar-refractivity contribution is -0.551. The van der Waals surface area contributed by atoms with E-state index in [1.807, 2.05) is 0 Å². The van der Waals surface area contributed by atoms with E-state index in [-0.39, 0.29) is 0 Å². The minimum absolute atomic E-state index is 0.854. The Hall–Kier alpha value is -0.410. The molecule has 12 heavy (non-hydrogen) atoms. The summed E-state index contributed by atoms with van der Waals surface area (Å²) in [6.07, 6.45) is -4.96. The molecule has 0 aliphatic rings. The van der Waals surface area contributed by atoms with Crippen molar-refractivity contribution in [3.63, 3.8) is 0 Å². The summed E-state index contributed by atoms with van der Waals surface area (Å²) < 4.78 is 35.8. The van der Waals surface area contributed by atoms with Gasteiger partial charge in [-0.25, -0.2) is 9.78 Å². The van der Waals surface area contributed by atoms with Crippen LogP contribution in [0.25, 0.3) is 0 Å². The lowest BCUT2D eigenvalue weighted by atomic mass is 10.5. The lowest BCUT2D eigenvalue weighted by Gasteiger charge is -2.26. The third kappa shape index (κ3) is 2.57. The molecule has 0 fully saturated rings. The molecule has 74 valence electrons. The highest BCUT2D eigenvalue weighted by Crippen LogP contribution is 2.30. The van der Waals surface area contributed by atoms with Crippen LogP contribution >= 0.6 is 0 Å². The number of alkyl halides is 3. The van der Waals surface area contributed by atoms with Gasteiger partial charge in [0.25, 0.3) is 0 Å². The van der Waals surface area contributed by atoms with Gasteiger partial charge in [0.2, 0.25) is 0 Å². The van der Waals surface area contributed by atoms with Gasteiger partial charge in [0, 0.05) is 0 Å². The van der Waals surface area contributed by atoms with E-state index in [9.17, 15) is 13.2 Å². The Morgan fingerprint density at radius 1 is 1.00 bits per heavy atom. The third-order valence-electron chi connectivity index (χ3n) is 0.809. The van der Waals surface area contributed by atoms with Crippen molar-refractivity contribution in [3.05, 3.63) is 0 Å². The highest BCUT2D eigenvalue weighted by molar-refractivity contribution is 4.67. The highest BCUT2D eigenvalue weighted by atomic mass is 19.4. The Balaban J connectivity index is 4.38. The fourth-order valence-corrected chi connectivity index (χ4v) is 0.356. The first-order valence-electron chi connectivity index (χ1n) is 2.66. The van der Waals surface area contributed by atoms with Crippen LogP contribution in [0, 0.1) is 0 Å². The summed E-state index contributed by atoms with van der Waals surface area (Å²) in [4.78, 5) is 14.8. The van der Waals surface area contributed by atoms with E-state index in [4.69, 9.17) is 0 Å². The Morgan fingerprint density at radius 3 is 1.50 bits per heavy atom. The van der Waals surface area contributed by atoms with Gasteiger partial charge in [-0.15, -0.1) is 0 Å². The van der Waals surface area contributed by atoms with Gasteiger partial charge in [-0.05, 0) is 0 Å². The van der Waals surface area contributed by atoms with Gasteiger partial charge in [-0.3, -0.25) is 5.73 Å². The number of halogens is 3. The SMILES string of the molecule is COOC(N)(OOC)C(F)(F)F. The predicted molar refractivity (Wildman–Crippen MR) is 29.2 cm³/mol. The predicted octanol–water partition coefficient (Wildman–Crippen LogP) is 0.317. The largest absolute Gasteiger partial charge is 0.464 e. The number of rotatable bonds is 4. The molecule has 8 heteroatoms. The highest BCUT2D eigenvalue weighted by Gasteiger charge is 2.58. The lowest BCUT2D eigenvalue weighted by Crippen LogP contribution is -2.57. The van der Waals surface area contributed by atoms with Gasteiger partial charge in [-0.1, -0.05) is 0 Å². The quantitative estimate of drug-likeness (QED) is 0.393. The number of hydrogen-bond donors (Lipinski definition) is 1. The van der Waals surface area contributed by atoms with Gasteiger partial charge >= 0.3 is 12.1 Å². The molecule has 0 amide bonds. The summed E-state index contributed by atoms with van der Waals surface area (Å²) in [5, 5.41) is 0. The van der Waals surface area contributed by atoms with Crippen LogP contribution in [-0.2, 0) is 19.6 Å². The Kier molecular flexibility index (Phi) is 3.87. The van der Waals surface area contributed by atoms with Gasteiger partial charge in [0.15, 0.2) is 0 Å². The summed E-state index contributed by atoms with van der Waals surface area (Å²) in [6, 6.07) is 0. The summed E-state index contributed by atoms with van der Waals surface area (Å²) in [7, 11) is 1.71. The van der Waals surface area contributed by atoms with Gasteiger partial charge in [0.1, 0.15) is 0 Å².